The normalized spacial score (nSPS) is 12.6. The van der Waals surface area contributed by atoms with Gasteiger partial charge in [-0.2, -0.15) is 0 Å². The minimum atomic E-state index is -2.32. The van der Waals surface area contributed by atoms with Gasteiger partial charge in [-0.15, -0.1) is 0 Å². The number of fused-ring (bicyclic) bond motifs is 4. The van der Waals surface area contributed by atoms with Gasteiger partial charge in [0.05, 0.1) is 0 Å². The average molecular weight is 868 g/mol. The molecule has 7 heteroatoms. The molecule has 7 rings (SSSR count). The number of rotatable bonds is 17. The summed E-state index contributed by atoms with van der Waals surface area (Å²) in [6.45, 7) is 6.92. The van der Waals surface area contributed by atoms with Gasteiger partial charge in [-0.1, -0.05) is 65.2 Å². The van der Waals surface area contributed by atoms with Gasteiger partial charge in [0.25, 0.3) is 0 Å². The van der Waals surface area contributed by atoms with E-state index in [-0.39, 0.29) is 0 Å². The van der Waals surface area contributed by atoms with Crippen molar-refractivity contribution >= 4 is 128 Å². The van der Waals surface area contributed by atoms with Gasteiger partial charge in [-0.05, 0) is 0 Å². The van der Waals surface area contributed by atoms with Crippen LogP contribution in [0.15, 0.2) is 36.4 Å². The summed E-state index contributed by atoms with van der Waals surface area (Å²) in [5.74, 6) is 0. The molecule has 0 radical (unpaired) electrons. The number of unbranched alkanes of at least 4 members (excludes halogenated alkanes) is 10. The monoisotopic (exact) mass is 868 g/mol. The van der Waals surface area contributed by atoms with Crippen molar-refractivity contribution in [3.63, 3.8) is 0 Å². The van der Waals surface area contributed by atoms with Crippen LogP contribution < -0.4 is 2.89 Å². The van der Waals surface area contributed by atoms with Gasteiger partial charge in [-0.25, -0.2) is 0 Å². The Morgan fingerprint density at radius 3 is 1.41 bits per heavy atom. The molecular weight excluding hydrogens is 816 g/mol. The fraction of sp³-hybridized carbons (Fsp3) is 0.476. The third-order valence-corrected chi connectivity index (χ3v) is 26.3. The van der Waals surface area contributed by atoms with E-state index in [4.69, 9.17) is 0 Å². The summed E-state index contributed by atoms with van der Waals surface area (Å²) in [7, 11) is 0. The molecule has 0 nitrogen and oxygen atoms in total. The first kappa shape index (κ1) is 36.6. The molecule has 7 aromatic rings. The molecule has 260 valence electrons. The minimum absolute atomic E-state index is 1.24. The topological polar surface area (TPSA) is 0 Å². The van der Waals surface area contributed by atoms with Gasteiger partial charge in [0, 0.05) is 0 Å². The van der Waals surface area contributed by atoms with Crippen LogP contribution in [0.3, 0.4) is 0 Å². The van der Waals surface area contributed by atoms with Gasteiger partial charge in [-0.3, -0.25) is 0 Å². The van der Waals surface area contributed by atoms with E-state index in [0.29, 0.717) is 0 Å². The molecule has 0 saturated carbocycles. The second-order valence-electron chi connectivity index (χ2n) is 15.1. The van der Waals surface area contributed by atoms with Crippen LogP contribution in [0.2, 0.25) is 14.8 Å². The second kappa shape index (κ2) is 16.1. The zero-order valence-electron chi connectivity index (χ0n) is 30.3. The number of aryl methyl sites for hydroxylation is 3. The molecule has 0 unspecified atom stereocenters. The van der Waals surface area contributed by atoms with Crippen molar-refractivity contribution in [3.8, 4) is 20.9 Å². The van der Waals surface area contributed by atoms with E-state index in [1.807, 2.05) is 56.7 Å². The Balaban J connectivity index is 1.24. The standard InChI is InChI=1S/C39H43S6.3CH3.Sn/c1-4-6-8-10-12-14-16-26-21-30-32(42-26)23-34(44-30)36-28-18-19-40-38(28)37(29-20-25(3)41-39(29)36)35-24-33-31(45-35)22-27(43-33)17-15-13-11-9-7-5-2;;;;/h18,20-24H,4-17H2,1-3H3;3*1H3;. The zero-order chi connectivity index (χ0) is 34.1. The molecule has 6 heterocycles. The summed E-state index contributed by atoms with van der Waals surface area (Å²) in [6, 6.07) is 15.3. The molecule has 0 aliphatic carbocycles. The third-order valence-electron chi connectivity index (χ3n) is 9.88. The Hall–Kier alpha value is -0.741. The average Bonchev–Trinajstić information content (AvgIpc) is 3.89. The molecule has 0 saturated heterocycles. The fourth-order valence-corrected chi connectivity index (χ4v) is 19.9. The Labute approximate surface area is 322 Å². The van der Waals surface area contributed by atoms with E-state index in [2.05, 4.69) is 83.3 Å². The summed E-state index contributed by atoms with van der Waals surface area (Å²) in [5.41, 5.74) is 3.02. The molecule has 0 aliphatic heterocycles. The second-order valence-corrected chi connectivity index (χ2v) is 37.3. The van der Waals surface area contributed by atoms with Crippen molar-refractivity contribution < 1.29 is 0 Å². The van der Waals surface area contributed by atoms with E-state index in [1.165, 1.54) is 155 Å². The molecule has 1 aromatic carbocycles. The van der Waals surface area contributed by atoms with Crippen LogP contribution in [0.4, 0.5) is 0 Å². The van der Waals surface area contributed by atoms with E-state index in [9.17, 15) is 0 Å². The van der Waals surface area contributed by atoms with Gasteiger partial charge < -0.3 is 0 Å². The first-order valence-electron chi connectivity index (χ1n) is 18.8. The first-order chi connectivity index (χ1) is 23.7. The summed E-state index contributed by atoms with van der Waals surface area (Å²) >= 11 is 10.0. The molecule has 0 spiro atoms. The van der Waals surface area contributed by atoms with E-state index in [1.54, 1.807) is 12.6 Å². The van der Waals surface area contributed by atoms with Crippen molar-refractivity contribution in [2.75, 3.05) is 0 Å². The zero-order valence-corrected chi connectivity index (χ0v) is 38.1. The molecule has 0 amide bonds. The molecule has 0 bridgehead atoms. The van der Waals surface area contributed by atoms with Crippen molar-refractivity contribution in [2.24, 2.45) is 0 Å². The number of hydrogen-bond donors (Lipinski definition) is 0. The maximum absolute atomic E-state index is 2.65. The first-order valence-corrected chi connectivity index (χ1v) is 33.7. The van der Waals surface area contributed by atoms with Crippen molar-refractivity contribution in [1.82, 2.24) is 0 Å². The molecule has 0 atom stereocenters. The summed E-state index contributed by atoms with van der Waals surface area (Å²) in [4.78, 5) is 15.3. The van der Waals surface area contributed by atoms with Crippen LogP contribution in [-0.2, 0) is 12.8 Å². The summed E-state index contributed by atoms with van der Waals surface area (Å²) < 4.78 is 10.7. The van der Waals surface area contributed by atoms with Crippen molar-refractivity contribution in [2.45, 2.75) is 125 Å². The molecule has 0 fully saturated rings. The van der Waals surface area contributed by atoms with Crippen LogP contribution in [0.5, 0.6) is 0 Å². The molecule has 6 aromatic heterocycles. The van der Waals surface area contributed by atoms with Crippen LogP contribution in [0.25, 0.3) is 59.9 Å². The summed E-state index contributed by atoms with van der Waals surface area (Å²) in [6.07, 6.45) is 18.9. The number of benzene rings is 1. The molecule has 0 aliphatic rings. The van der Waals surface area contributed by atoms with Gasteiger partial charge in [0.2, 0.25) is 0 Å². The summed E-state index contributed by atoms with van der Waals surface area (Å²) in [5, 5.41) is 2.99. The number of hydrogen-bond acceptors (Lipinski definition) is 6. The Bertz CT molecular complexity index is 1960. The Morgan fingerprint density at radius 1 is 0.469 bits per heavy atom. The van der Waals surface area contributed by atoms with Crippen LogP contribution >= 0.6 is 68.0 Å². The quantitative estimate of drug-likeness (QED) is 0.0632. The van der Waals surface area contributed by atoms with E-state index in [0.717, 1.165) is 0 Å². The maximum atomic E-state index is 2.65. The predicted octanol–water partition coefficient (Wildman–Crippen LogP) is 16.7. The Morgan fingerprint density at radius 2 is 0.918 bits per heavy atom. The van der Waals surface area contributed by atoms with Gasteiger partial charge >= 0.3 is 260 Å². The van der Waals surface area contributed by atoms with Crippen molar-refractivity contribution in [1.29, 1.82) is 0 Å². The number of thiophene rings is 6. The van der Waals surface area contributed by atoms with Gasteiger partial charge in [0.1, 0.15) is 0 Å². The van der Waals surface area contributed by atoms with Gasteiger partial charge in [0.15, 0.2) is 0 Å². The van der Waals surface area contributed by atoms with Crippen molar-refractivity contribution in [3.05, 3.63) is 51.0 Å². The van der Waals surface area contributed by atoms with Crippen LogP contribution in [0.1, 0.15) is 106 Å². The van der Waals surface area contributed by atoms with Crippen LogP contribution in [0, 0.1) is 6.92 Å². The predicted molar refractivity (Wildman–Crippen MR) is 236 cm³/mol. The van der Waals surface area contributed by atoms with Crippen LogP contribution in [-0.4, -0.2) is 18.4 Å². The third kappa shape index (κ3) is 8.11. The molecular formula is C42H52S6Sn. The Kier molecular flexibility index (Phi) is 12.0. The molecule has 0 N–H and O–H groups in total. The molecule has 49 heavy (non-hydrogen) atoms. The van der Waals surface area contributed by atoms with E-state index >= 15 is 0 Å². The SMILES string of the molecule is CCCCCCCCc1cc2sc(-c3c4c[c]([Sn]([CH3])([CH3])[CH3])sc4c(-c4cc5sc(CCCCCCCC)cc5s4)c4cc(C)sc34)cc2s1. The van der Waals surface area contributed by atoms with E-state index < -0.39 is 18.4 Å². The fourth-order valence-electron chi connectivity index (χ4n) is 7.17.